The molecule has 2 rings (SSSR count). The molecule has 6 heteroatoms. The first-order chi connectivity index (χ1) is 8.18. The lowest BCUT2D eigenvalue weighted by atomic mass is 10.1. The number of carbonyl (C=O) groups is 2. The summed E-state index contributed by atoms with van der Waals surface area (Å²) in [7, 11) is 0. The molecule has 1 aliphatic heterocycles. The number of carbonyl (C=O) groups excluding carboxylic acids is 2. The fourth-order valence-corrected chi connectivity index (χ4v) is 1.74. The van der Waals surface area contributed by atoms with Gasteiger partial charge in [-0.3, -0.25) is 9.59 Å². The molecule has 1 saturated heterocycles. The molecule has 1 aliphatic rings. The van der Waals surface area contributed by atoms with Crippen LogP contribution in [0.25, 0.3) is 0 Å². The van der Waals surface area contributed by atoms with Crippen LogP contribution in [0.1, 0.15) is 23.3 Å². The largest absolute Gasteiger partial charge is 0.397 e. The summed E-state index contributed by atoms with van der Waals surface area (Å²) in [5, 5.41) is 5.33. The van der Waals surface area contributed by atoms with Gasteiger partial charge in [-0.15, -0.1) is 0 Å². The van der Waals surface area contributed by atoms with Crippen LogP contribution in [-0.4, -0.2) is 29.4 Å². The topological polar surface area (TPSA) is 97.1 Å². The third kappa shape index (κ3) is 2.52. The zero-order valence-electron chi connectivity index (χ0n) is 9.27. The average molecular weight is 234 g/mol. The maximum absolute atomic E-state index is 11.8. The molecule has 0 aromatic carbocycles. The number of nitrogens with one attached hydrogen (secondary N) is 2. The summed E-state index contributed by atoms with van der Waals surface area (Å²) in [4.78, 5) is 27.2. The molecule has 0 spiro atoms. The summed E-state index contributed by atoms with van der Waals surface area (Å²) in [6.07, 6.45) is 2.99. The standard InChI is InChI=1S/C11H14N4O2/c12-7-3-1-5-13-9(7)11(17)15-8-4-2-6-14-10(8)16/h1,3,5,8H,2,4,6,12H2,(H,14,16)(H,15,17). The molecule has 1 aromatic rings. The number of nitrogen functional groups attached to an aromatic ring is 1. The fraction of sp³-hybridized carbons (Fsp3) is 0.364. The van der Waals surface area contributed by atoms with E-state index in [9.17, 15) is 9.59 Å². The number of hydrogen-bond donors (Lipinski definition) is 3. The van der Waals surface area contributed by atoms with E-state index in [4.69, 9.17) is 5.73 Å². The lowest BCUT2D eigenvalue weighted by Gasteiger charge is -2.22. The van der Waals surface area contributed by atoms with Crippen molar-refractivity contribution in [3.8, 4) is 0 Å². The molecule has 0 aliphatic carbocycles. The highest BCUT2D eigenvalue weighted by molar-refractivity contribution is 5.99. The van der Waals surface area contributed by atoms with Gasteiger partial charge in [-0.05, 0) is 25.0 Å². The minimum Gasteiger partial charge on any atom is -0.397 e. The molecule has 2 heterocycles. The van der Waals surface area contributed by atoms with Gasteiger partial charge in [0, 0.05) is 12.7 Å². The van der Waals surface area contributed by atoms with Gasteiger partial charge in [-0.1, -0.05) is 0 Å². The van der Waals surface area contributed by atoms with E-state index in [1.54, 1.807) is 12.1 Å². The van der Waals surface area contributed by atoms with Crippen molar-refractivity contribution < 1.29 is 9.59 Å². The van der Waals surface area contributed by atoms with Gasteiger partial charge >= 0.3 is 0 Å². The van der Waals surface area contributed by atoms with Gasteiger partial charge in [0.25, 0.3) is 5.91 Å². The van der Waals surface area contributed by atoms with Crippen LogP contribution >= 0.6 is 0 Å². The summed E-state index contributed by atoms with van der Waals surface area (Å²) in [6.45, 7) is 0.664. The molecule has 17 heavy (non-hydrogen) atoms. The highest BCUT2D eigenvalue weighted by atomic mass is 16.2. The Morgan fingerprint density at radius 3 is 3.12 bits per heavy atom. The minimum absolute atomic E-state index is 0.154. The zero-order chi connectivity index (χ0) is 12.3. The molecule has 0 radical (unpaired) electrons. The van der Waals surface area contributed by atoms with E-state index in [1.807, 2.05) is 0 Å². The number of aromatic nitrogens is 1. The first-order valence-electron chi connectivity index (χ1n) is 5.47. The fourth-order valence-electron chi connectivity index (χ4n) is 1.74. The minimum atomic E-state index is -0.488. The smallest absolute Gasteiger partial charge is 0.272 e. The predicted molar refractivity (Wildman–Crippen MR) is 62.1 cm³/mol. The maximum atomic E-state index is 11.8. The molecular formula is C11H14N4O2. The molecule has 2 amide bonds. The number of rotatable bonds is 2. The van der Waals surface area contributed by atoms with Crippen molar-refractivity contribution in [3.05, 3.63) is 24.0 Å². The molecule has 6 nitrogen and oxygen atoms in total. The Balaban J connectivity index is 2.06. The van der Waals surface area contributed by atoms with E-state index >= 15 is 0 Å². The molecule has 90 valence electrons. The predicted octanol–water partition coefficient (Wildman–Crippen LogP) is -0.328. The highest BCUT2D eigenvalue weighted by Gasteiger charge is 2.24. The van der Waals surface area contributed by atoms with Crippen molar-refractivity contribution >= 4 is 17.5 Å². The third-order valence-electron chi connectivity index (χ3n) is 2.64. The van der Waals surface area contributed by atoms with E-state index < -0.39 is 11.9 Å². The number of nitrogens with two attached hydrogens (primary N) is 1. The van der Waals surface area contributed by atoms with Gasteiger partial charge in [0.2, 0.25) is 5.91 Å². The Morgan fingerprint density at radius 1 is 1.59 bits per heavy atom. The molecule has 1 aromatic heterocycles. The SMILES string of the molecule is Nc1cccnc1C(=O)NC1CCCNC1=O. The summed E-state index contributed by atoms with van der Waals surface area (Å²) in [5.41, 5.74) is 6.10. The van der Waals surface area contributed by atoms with Gasteiger partial charge in [-0.2, -0.15) is 0 Å². The number of hydrogen-bond acceptors (Lipinski definition) is 4. The van der Waals surface area contributed by atoms with E-state index in [0.29, 0.717) is 18.7 Å². The lowest BCUT2D eigenvalue weighted by molar-refractivity contribution is -0.124. The molecule has 0 bridgehead atoms. The first kappa shape index (κ1) is 11.4. The molecule has 4 N–H and O–H groups in total. The van der Waals surface area contributed by atoms with Crippen molar-refractivity contribution in [1.82, 2.24) is 15.6 Å². The summed E-state index contributed by atoms with van der Waals surface area (Å²) < 4.78 is 0. The number of nitrogens with zero attached hydrogens (tertiary/aromatic N) is 1. The molecule has 1 atom stereocenters. The van der Waals surface area contributed by atoms with Crippen LogP contribution in [-0.2, 0) is 4.79 Å². The average Bonchev–Trinajstić information content (AvgIpc) is 2.32. The Kier molecular flexibility index (Phi) is 3.22. The van der Waals surface area contributed by atoms with Crippen molar-refractivity contribution in [2.75, 3.05) is 12.3 Å². The van der Waals surface area contributed by atoms with E-state index in [-0.39, 0.29) is 11.6 Å². The maximum Gasteiger partial charge on any atom is 0.272 e. The highest BCUT2D eigenvalue weighted by Crippen LogP contribution is 2.09. The monoisotopic (exact) mass is 234 g/mol. The van der Waals surface area contributed by atoms with Crippen LogP contribution in [0.15, 0.2) is 18.3 Å². The number of piperidine rings is 1. The number of amides is 2. The van der Waals surface area contributed by atoms with E-state index in [0.717, 1.165) is 6.42 Å². The summed E-state index contributed by atoms with van der Waals surface area (Å²) in [5.74, 6) is -0.566. The van der Waals surface area contributed by atoms with Crippen LogP contribution in [0.5, 0.6) is 0 Å². The second-order valence-electron chi connectivity index (χ2n) is 3.90. The van der Waals surface area contributed by atoms with Gasteiger partial charge in [0.05, 0.1) is 5.69 Å². The quantitative estimate of drug-likeness (QED) is 0.652. The van der Waals surface area contributed by atoms with Crippen molar-refractivity contribution in [2.24, 2.45) is 0 Å². The van der Waals surface area contributed by atoms with Gasteiger partial charge in [0.1, 0.15) is 6.04 Å². The lowest BCUT2D eigenvalue weighted by Crippen LogP contribution is -2.50. The van der Waals surface area contributed by atoms with E-state index in [2.05, 4.69) is 15.6 Å². The Morgan fingerprint density at radius 2 is 2.41 bits per heavy atom. The summed E-state index contributed by atoms with van der Waals surface area (Å²) in [6, 6.07) is 2.76. The Bertz CT molecular complexity index is 447. The van der Waals surface area contributed by atoms with Gasteiger partial charge in [0.15, 0.2) is 5.69 Å². The second-order valence-corrected chi connectivity index (χ2v) is 3.90. The number of anilines is 1. The van der Waals surface area contributed by atoms with Crippen molar-refractivity contribution in [2.45, 2.75) is 18.9 Å². The van der Waals surface area contributed by atoms with Crippen LogP contribution in [0, 0.1) is 0 Å². The van der Waals surface area contributed by atoms with E-state index in [1.165, 1.54) is 6.20 Å². The molecule has 1 fully saturated rings. The molecular weight excluding hydrogens is 220 g/mol. The molecule has 1 unspecified atom stereocenters. The molecule has 0 saturated carbocycles. The Hall–Kier alpha value is -2.11. The van der Waals surface area contributed by atoms with Crippen molar-refractivity contribution in [1.29, 1.82) is 0 Å². The Labute approximate surface area is 98.6 Å². The zero-order valence-corrected chi connectivity index (χ0v) is 9.27. The third-order valence-corrected chi connectivity index (χ3v) is 2.64. The van der Waals surface area contributed by atoms with Gasteiger partial charge in [-0.25, -0.2) is 4.98 Å². The summed E-state index contributed by atoms with van der Waals surface area (Å²) >= 11 is 0. The van der Waals surface area contributed by atoms with Crippen LogP contribution in [0.2, 0.25) is 0 Å². The van der Waals surface area contributed by atoms with Crippen molar-refractivity contribution in [3.63, 3.8) is 0 Å². The van der Waals surface area contributed by atoms with Crippen LogP contribution in [0.3, 0.4) is 0 Å². The van der Waals surface area contributed by atoms with Crippen LogP contribution in [0.4, 0.5) is 5.69 Å². The van der Waals surface area contributed by atoms with Gasteiger partial charge < -0.3 is 16.4 Å². The first-order valence-corrected chi connectivity index (χ1v) is 5.47. The normalized spacial score (nSPS) is 19.5. The number of pyridine rings is 1. The second kappa shape index (κ2) is 4.82. The van der Waals surface area contributed by atoms with Crippen LogP contribution < -0.4 is 16.4 Å².